The third-order valence-electron chi connectivity index (χ3n) is 4.64. The van der Waals surface area contributed by atoms with Crippen LogP contribution in [0.15, 0.2) is 0 Å². The Hall–Kier alpha value is -0.120. The van der Waals surface area contributed by atoms with Crippen molar-refractivity contribution >= 4 is 0 Å². The predicted molar refractivity (Wildman–Crippen MR) is 75.8 cm³/mol. The third-order valence-corrected chi connectivity index (χ3v) is 4.64. The van der Waals surface area contributed by atoms with E-state index in [0.717, 1.165) is 18.9 Å². The van der Waals surface area contributed by atoms with Crippen molar-refractivity contribution < 1.29 is 5.11 Å². The van der Waals surface area contributed by atoms with Crippen LogP contribution in [0.5, 0.6) is 0 Å². The highest BCUT2D eigenvalue weighted by Crippen LogP contribution is 2.29. The second kappa shape index (κ2) is 6.36. The molecule has 18 heavy (non-hydrogen) atoms. The molecular formula is C15H30N2O. The van der Waals surface area contributed by atoms with Gasteiger partial charge in [-0.2, -0.15) is 0 Å². The summed E-state index contributed by atoms with van der Waals surface area (Å²) >= 11 is 0. The zero-order valence-corrected chi connectivity index (χ0v) is 12.1. The summed E-state index contributed by atoms with van der Waals surface area (Å²) in [7, 11) is 0. The molecule has 2 rings (SSSR count). The molecule has 1 unspecified atom stereocenters. The molecule has 0 aromatic rings. The summed E-state index contributed by atoms with van der Waals surface area (Å²) in [5.41, 5.74) is -0.00979. The highest BCUT2D eigenvalue weighted by Gasteiger charge is 2.34. The monoisotopic (exact) mass is 254 g/mol. The van der Waals surface area contributed by atoms with Gasteiger partial charge in [0.25, 0.3) is 0 Å². The Labute approximate surface area is 112 Å². The lowest BCUT2D eigenvalue weighted by Crippen LogP contribution is -2.49. The van der Waals surface area contributed by atoms with Crippen LogP contribution < -0.4 is 5.32 Å². The molecule has 0 amide bonds. The van der Waals surface area contributed by atoms with Crippen molar-refractivity contribution in [2.75, 3.05) is 19.7 Å². The van der Waals surface area contributed by atoms with Gasteiger partial charge in [0.1, 0.15) is 0 Å². The maximum absolute atomic E-state index is 9.72. The highest BCUT2D eigenvalue weighted by molar-refractivity contribution is 4.94. The molecule has 106 valence electrons. The molecule has 0 aromatic heterocycles. The van der Waals surface area contributed by atoms with Gasteiger partial charge in [-0.15, -0.1) is 0 Å². The van der Waals surface area contributed by atoms with E-state index in [2.05, 4.69) is 24.1 Å². The Morgan fingerprint density at radius 3 is 2.39 bits per heavy atom. The summed E-state index contributed by atoms with van der Waals surface area (Å²) in [6.07, 6.45) is 8.74. The molecule has 0 aromatic carbocycles. The topological polar surface area (TPSA) is 35.5 Å². The smallest absolute Gasteiger partial charge is 0.0613 e. The van der Waals surface area contributed by atoms with E-state index in [1.165, 1.54) is 45.2 Å². The zero-order valence-electron chi connectivity index (χ0n) is 12.1. The number of rotatable bonds is 10. The first-order chi connectivity index (χ1) is 8.73. The van der Waals surface area contributed by atoms with Crippen molar-refractivity contribution in [3.63, 3.8) is 0 Å². The summed E-state index contributed by atoms with van der Waals surface area (Å²) in [5, 5.41) is 13.4. The Morgan fingerprint density at radius 2 is 1.94 bits per heavy atom. The van der Waals surface area contributed by atoms with E-state index in [1.54, 1.807) is 0 Å². The molecule has 2 aliphatic rings. The molecule has 2 saturated carbocycles. The van der Waals surface area contributed by atoms with Gasteiger partial charge in [0.05, 0.1) is 6.61 Å². The molecule has 1 atom stereocenters. The minimum Gasteiger partial charge on any atom is -0.394 e. The molecule has 0 aliphatic heterocycles. The summed E-state index contributed by atoms with van der Waals surface area (Å²) in [6.45, 7) is 7.13. The summed E-state index contributed by atoms with van der Waals surface area (Å²) in [4.78, 5) is 2.61. The van der Waals surface area contributed by atoms with Crippen LogP contribution in [0.25, 0.3) is 0 Å². The van der Waals surface area contributed by atoms with Crippen LogP contribution in [0, 0.1) is 0 Å². The number of hydrogen-bond donors (Lipinski definition) is 2. The first-order valence-electron chi connectivity index (χ1n) is 7.85. The quantitative estimate of drug-likeness (QED) is 0.627. The van der Waals surface area contributed by atoms with E-state index in [9.17, 15) is 5.11 Å². The van der Waals surface area contributed by atoms with Crippen molar-refractivity contribution in [1.29, 1.82) is 0 Å². The SMILES string of the molecule is CCN(CCCC(CC)(CO)NC1CC1)C1CC1. The van der Waals surface area contributed by atoms with Gasteiger partial charge < -0.3 is 15.3 Å². The third kappa shape index (κ3) is 3.94. The Kier molecular flexibility index (Phi) is 5.05. The van der Waals surface area contributed by atoms with Gasteiger partial charge in [0, 0.05) is 17.6 Å². The number of hydrogen-bond acceptors (Lipinski definition) is 3. The van der Waals surface area contributed by atoms with E-state index >= 15 is 0 Å². The van der Waals surface area contributed by atoms with E-state index in [4.69, 9.17) is 0 Å². The van der Waals surface area contributed by atoms with Crippen LogP contribution in [-0.4, -0.2) is 47.3 Å². The first kappa shape index (κ1) is 14.3. The highest BCUT2D eigenvalue weighted by atomic mass is 16.3. The van der Waals surface area contributed by atoms with Crippen molar-refractivity contribution in [2.45, 2.75) is 76.4 Å². The Bertz CT molecular complexity index is 245. The molecule has 0 heterocycles. The van der Waals surface area contributed by atoms with Gasteiger partial charge >= 0.3 is 0 Å². The van der Waals surface area contributed by atoms with Gasteiger partial charge in [-0.25, -0.2) is 0 Å². The van der Waals surface area contributed by atoms with E-state index in [-0.39, 0.29) is 12.1 Å². The van der Waals surface area contributed by atoms with Crippen molar-refractivity contribution in [3.8, 4) is 0 Å². The van der Waals surface area contributed by atoms with Crippen LogP contribution in [0.1, 0.15) is 58.8 Å². The van der Waals surface area contributed by atoms with E-state index in [0.29, 0.717) is 6.04 Å². The number of nitrogens with one attached hydrogen (secondary N) is 1. The van der Waals surface area contributed by atoms with Crippen molar-refractivity contribution in [3.05, 3.63) is 0 Å². The summed E-state index contributed by atoms with van der Waals surface area (Å²) < 4.78 is 0. The van der Waals surface area contributed by atoms with E-state index in [1.807, 2.05) is 0 Å². The van der Waals surface area contributed by atoms with Crippen LogP contribution >= 0.6 is 0 Å². The second-order valence-electron chi connectivity index (χ2n) is 6.17. The van der Waals surface area contributed by atoms with Crippen LogP contribution in [0.3, 0.4) is 0 Å². The maximum Gasteiger partial charge on any atom is 0.0613 e. The van der Waals surface area contributed by atoms with Crippen LogP contribution in [0.4, 0.5) is 0 Å². The lowest BCUT2D eigenvalue weighted by molar-refractivity contribution is 0.136. The fourth-order valence-corrected chi connectivity index (χ4v) is 2.91. The largest absolute Gasteiger partial charge is 0.394 e. The molecule has 0 saturated heterocycles. The van der Waals surface area contributed by atoms with Crippen LogP contribution in [-0.2, 0) is 0 Å². The summed E-state index contributed by atoms with van der Waals surface area (Å²) in [5.74, 6) is 0. The lowest BCUT2D eigenvalue weighted by atomic mass is 9.91. The number of nitrogens with zero attached hydrogens (tertiary/aromatic N) is 1. The molecular weight excluding hydrogens is 224 g/mol. The van der Waals surface area contributed by atoms with Gasteiger partial charge in [0.15, 0.2) is 0 Å². The minimum atomic E-state index is -0.00979. The minimum absolute atomic E-state index is 0.00979. The molecule has 2 N–H and O–H groups in total. The standard InChI is InChI=1S/C15H30N2O/c1-3-15(12-18,16-13-6-7-13)10-5-11-17(4-2)14-8-9-14/h13-14,16,18H,3-12H2,1-2H3. The number of aliphatic hydroxyl groups excluding tert-OH is 1. The normalized spacial score (nSPS) is 23.3. The molecule has 0 bridgehead atoms. The molecule has 2 aliphatic carbocycles. The molecule has 3 heteroatoms. The fourth-order valence-electron chi connectivity index (χ4n) is 2.91. The maximum atomic E-state index is 9.72. The zero-order chi connectivity index (χ0) is 13.0. The average Bonchev–Trinajstić information content (AvgIpc) is 3.27. The Morgan fingerprint density at radius 1 is 1.22 bits per heavy atom. The molecule has 0 radical (unpaired) electrons. The molecule has 3 nitrogen and oxygen atoms in total. The summed E-state index contributed by atoms with van der Waals surface area (Å²) in [6, 6.07) is 1.55. The van der Waals surface area contributed by atoms with Gasteiger partial charge in [-0.3, -0.25) is 0 Å². The average molecular weight is 254 g/mol. The van der Waals surface area contributed by atoms with Crippen LogP contribution in [0.2, 0.25) is 0 Å². The second-order valence-corrected chi connectivity index (χ2v) is 6.17. The van der Waals surface area contributed by atoms with Crippen molar-refractivity contribution in [2.24, 2.45) is 0 Å². The molecule has 0 spiro atoms. The molecule has 2 fully saturated rings. The van der Waals surface area contributed by atoms with Gasteiger partial charge in [-0.1, -0.05) is 13.8 Å². The lowest BCUT2D eigenvalue weighted by Gasteiger charge is -2.33. The number of aliphatic hydroxyl groups is 1. The van der Waals surface area contributed by atoms with Gasteiger partial charge in [0.2, 0.25) is 0 Å². The van der Waals surface area contributed by atoms with E-state index < -0.39 is 0 Å². The predicted octanol–water partition coefficient (Wildman–Crippen LogP) is 2.14. The first-order valence-corrected chi connectivity index (χ1v) is 7.85. The Balaban J connectivity index is 1.73. The fraction of sp³-hybridized carbons (Fsp3) is 1.00. The van der Waals surface area contributed by atoms with Gasteiger partial charge in [-0.05, 0) is 58.0 Å². The van der Waals surface area contributed by atoms with Crippen molar-refractivity contribution in [1.82, 2.24) is 10.2 Å².